The number of aliphatic hydroxyl groups is 1. The van der Waals surface area contributed by atoms with Gasteiger partial charge in [0.15, 0.2) is 5.03 Å². The zero-order chi connectivity index (χ0) is 12.9. The van der Waals surface area contributed by atoms with E-state index in [1.165, 1.54) is 6.20 Å². The van der Waals surface area contributed by atoms with Crippen LogP contribution in [0.5, 0.6) is 0 Å². The van der Waals surface area contributed by atoms with Crippen molar-refractivity contribution < 1.29 is 18.3 Å². The van der Waals surface area contributed by atoms with Crippen molar-refractivity contribution in [1.29, 1.82) is 0 Å². The predicted octanol–water partition coefficient (Wildman–Crippen LogP) is -0.395. The van der Waals surface area contributed by atoms with Gasteiger partial charge in [-0.1, -0.05) is 0 Å². The van der Waals surface area contributed by atoms with Crippen LogP contribution < -0.4 is 4.72 Å². The van der Waals surface area contributed by atoms with E-state index in [1.807, 2.05) is 6.92 Å². The Morgan fingerprint density at radius 3 is 2.94 bits per heavy atom. The molecule has 1 atom stereocenters. The third-order valence-electron chi connectivity index (χ3n) is 2.13. The molecule has 0 aliphatic rings. The molecule has 0 aliphatic heterocycles. The van der Waals surface area contributed by atoms with Gasteiger partial charge in [-0.15, -0.1) is 0 Å². The molecule has 0 aliphatic carbocycles. The highest BCUT2D eigenvalue weighted by Gasteiger charge is 2.20. The number of nitrogens with one attached hydrogen (secondary N) is 2. The average molecular weight is 263 g/mol. The highest BCUT2D eigenvalue weighted by molar-refractivity contribution is 7.89. The first-order valence-corrected chi connectivity index (χ1v) is 6.74. The maximum Gasteiger partial charge on any atom is 0.257 e. The standard InChI is InChI=1S/C9H17N3O4S/c1-3-16-7(2)4-11-17(14,15)9-8(6-13)5-10-12-9/h5,7,11,13H,3-4,6H2,1-2H3,(H,10,12). The number of aromatic amines is 1. The zero-order valence-electron chi connectivity index (χ0n) is 9.80. The lowest BCUT2D eigenvalue weighted by Gasteiger charge is -2.12. The Hall–Kier alpha value is -0.960. The van der Waals surface area contributed by atoms with Crippen LogP contribution in [0.4, 0.5) is 0 Å². The van der Waals surface area contributed by atoms with Crippen molar-refractivity contribution >= 4 is 10.0 Å². The summed E-state index contributed by atoms with van der Waals surface area (Å²) < 4.78 is 31.3. The van der Waals surface area contributed by atoms with Gasteiger partial charge < -0.3 is 9.84 Å². The lowest BCUT2D eigenvalue weighted by Crippen LogP contribution is -2.32. The number of rotatable bonds is 7. The number of ether oxygens (including phenoxy) is 1. The molecule has 0 fully saturated rings. The maximum atomic E-state index is 11.8. The normalized spacial score (nSPS) is 13.8. The minimum atomic E-state index is -3.68. The van der Waals surface area contributed by atoms with Gasteiger partial charge in [0.2, 0.25) is 0 Å². The summed E-state index contributed by atoms with van der Waals surface area (Å²) in [6, 6.07) is 0. The van der Waals surface area contributed by atoms with E-state index in [0.29, 0.717) is 6.61 Å². The molecule has 0 saturated heterocycles. The third kappa shape index (κ3) is 3.77. The average Bonchev–Trinajstić information content (AvgIpc) is 2.76. The minimum Gasteiger partial charge on any atom is -0.392 e. The first kappa shape index (κ1) is 14.1. The Kier molecular flexibility index (Phi) is 5.06. The van der Waals surface area contributed by atoms with Crippen molar-refractivity contribution in [2.24, 2.45) is 0 Å². The molecule has 98 valence electrons. The predicted molar refractivity (Wildman–Crippen MR) is 60.8 cm³/mol. The molecule has 1 aromatic heterocycles. The van der Waals surface area contributed by atoms with Crippen LogP contribution in [0.1, 0.15) is 19.4 Å². The number of aliphatic hydroxyl groups excluding tert-OH is 1. The van der Waals surface area contributed by atoms with Gasteiger partial charge in [-0.3, -0.25) is 5.10 Å². The first-order chi connectivity index (χ1) is 8.01. The Balaban J connectivity index is 2.69. The number of aromatic nitrogens is 2. The monoisotopic (exact) mass is 263 g/mol. The molecule has 17 heavy (non-hydrogen) atoms. The molecule has 0 saturated carbocycles. The molecule has 1 heterocycles. The summed E-state index contributed by atoms with van der Waals surface area (Å²) in [5.74, 6) is 0. The lowest BCUT2D eigenvalue weighted by atomic mass is 10.4. The van der Waals surface area contributed by atoms with Gasteiger partial charge in [0.1, 0.15) is 0 Å². The summed E-state index contributed by atoms with van der Waals surface area (Å²) >= 11 is 0. The van der Waals surface area contributed by atoms with E-state index in [2.05, 4.69) is 14.9 Å². The van der Waals surface area contributed by atoms with Gasteiger partial charge in [0, 0.05) is 18.7 Å². The molecule has 1 aromatic rings. The summed E-state index contributed by atoms with van der Waals surface area (Å²) in [7, 11) is -3.68. The lowest BCUT2D eigenvalue weighted by molar-refractivity contribution is 0.0799. The number of hydrogen-bond donors (Lipinski definition) is 3. The van der Waals surface area contributed by atoms with Gasteiger partial charge in [-0.2, -0.15) is 5.10 Å². The molecule has 0 spiro atoms. The SMILES string of the molecule is CCOC(C)CNS(=O)(=O)c1[nH]ncc1CO. The molecule has 8 heteroatoms. The van der Waals surface area contributed by atoms with Crippen molar-refractivity contribution in [2.45, 2.75) is 31.6 Å². The van der Waals surface area contributed by atoms with Gasteiger partial charge in [0.05, 0.1) is 18.9 Å². The molecule has 0 bridgehead atoms. The van der Waals surface area contributed by atoms with Crippen LogP contribution in [-0.2, 0) is 21.4 Å². The van der Waals surface area contributed by atoms with Gasteiger partial charge in [-0.05, 0) is 13.8 Å². The van der Waals surface area contributed by atoms with E-state index in [0.717, 1.165) is 0 Å². The molecular weight excluding hydrogens is 246 g/mol. The van der Waals surface area contributed by atoms with Gasteiger partial charge >= 0.3 is 0 Å². The Labute approximate surface area is 100 Å². The molecule has 0 amide bonds. The molecule has 7 nitrogen and oxygen atoms in total. The van der Waals surface area contributed by atoms with Gasteiger partial charge in [-0.25, -0.2) is 13.1 Å². The molecule has 0 aromatic carbocycles. The van der Waals surface area contributed by atoms with E-state index in [1.54, 1.807) is 6.92 Å². The van der Waals surface area contributed by atoms with E-state index in [4.69, 9.17) is 9.84 Å². The van der Waals surface area contributed by atoms with Gasteiger partial charge in [0.25, 0.3) is 10.0 Å². The molecule has 1 unspecified atom stereocenters. The van der Waals surface area contributed by atoms with Crippen molar-refractivity contribution in [1.82, 2.24) is 14.9 Å². The Morgan fingerprint density at radius 1 is 1.65 bits per heavy atom. The van der Waals surface area contributed by atoms with E-state index in [9.17, 15) is 8.42 Å². The Morgan fingerprint density at radius 2 is 2.35 bits per heavy atom. The Bertz CT molecular complexity index is 443. The summed E-state index contributed by atoms with van der Waals surface area (Å²) in [4.78, 5) is 0. The summed E-state index contributed by atoms with van der Waals surface area (Å²) in [6.07, 6.45) is 1.07. The highest BCUT2D eigenvalue weighted by atomic mass is 32.2. The fourth-order valence-corrected chi connectivity index (χ4v) is 2.52. The first-order valence-electron chi connectivity index (χ1n) is 5.25. The molecule has 1 rings (SSSR count). The van der Waals surface area contributed by atoms with Crippen molar-refractivity contribution in [3.05, 3.63) is 11.8 Å². The largest absolute Gasteiger partial charge is 0.392 e. The van der Waals surface area contributed by atoms with E-state index in [-0.39, 0.29) is 29.8 Å². The highest BCUT2D eigenvalue weighted by Crippen LogP contribution is 2.11. The fourth-order valence-electron chi connectivity index (χ4n) is 1.29. The molecule has 3 N–H and O–H groups in total. The number of hydrogen-bond acceptors (Lipinski definition) is 5. The van der Waals surface area contributed by atoms with Crippen molar-refractivity contribution in [2.75, 3.05) is 13.2 Å². The topological polar surface area (TPSA) is 104 Å². The van der Waals surface area contributed by atoms with Crippen LogP contribution in [-0.4, -0.2) is 43.0 Å². The van der Waals surface area contributed by atoms with Crippen LogP contribution in [0, 0.1) is 0 Å². The van der Waals surface area contributed by atoms with Crippen LogP contribution in [0.25, 0.3) is 0 Å². The number of nitrogens with zero attached hydrogens (tertiary/aromatic N) is 1. The fraction of sp³-hybridized carbons (Fsp3) is 0.667. The van der Waals surface area contributed by atoms with Crippen LogP contribution in [0.15, 0.2) is 11.2 Å². The zero-order valence-corrected chi connectivity index (χ0v) is 10.6. The van der Waals surface area contributed by atoms with E-state index >= 15 is 0 Å². The number of sulfonamides is 1. The van der Waals surface area contributed by atoms with Crippen molar-refractivity contribution in [3.8, 4) is 0 Å². The summed E-state index contributed by atoms with van der Waals surface area (Å²) in [5, 5.41) is 14.8. The second-order valence-corrected chi connectivity index (χ2v) is 5.20. The van der Waals surface area contributed by atoms with Crippen LogP contribution >= 0.6 is 0 Å². The van der Waals surface area contributed by atoms with Crippen LogP contribution in [0.3, 0.4) is 0 Å². The third-order valence-corrected chi connectivity index (χ3v) is 3.57. The summed E-state index contributed by atoms with van der Waals surface area (Å²) in [5.41, 5.74) is 0.238. The minimum absolute atomic E-state index is 0.108. The summed E-state index contributed by atoms with van der Waals surface area (Å²) in [6.45, 7) is 3.92. The van der Waals surface area contributed by atoms with Crippen LogP contribution in [0.2, 0.25) is 0 Å². The number of H-pyrrole nitrogens is 1. The quantitative estimate of drug-likeness (QED) is 0.621. The molecule has 0 radical (unpaired) electrons. The molecular formula is C9H17N3O4S. The maximum absolute atomic E-state index is 11.8. The van der Waals surface area contributed by atoms with Crippen molar-refractivity contribution in [3.63, 3.8) is 0 Å². The second kappa shape index (κ2) is 6.10. The smallest absolute Gasteiger partial charge is 0.257 e. The van der Waals surface area contributed by atoms with E-state index < -0.39 is 10.0 Å². The second-order valence-electron chi connectivity index (χ2n) is 3.50.